The van der Waals surface area contributed by atoms with Gasteiger partial charge in [0, 0.05) is 99.3 Å². The van der Waals surface area contributed by atoms with E-state index in [1.165, 1.54) is 0 Å². The molecule has 2 aliphatic heterocycles. The van der Waals surface area contributed by atoms with Crippen molar-refractivity contribution in [1.29, 1.82) is 0 Å². The zero-order valence-electron chi connectivity index (χ0n) is 66.3. The highest BCUT2D eigenvalue weighted by molar-refractivity contribution is 7.00. The van der Waals surface area contributed by atoms with Crippen molar-refractivity contribution in [3.05, 3.63) is 376 Å². The highest BCUT2D eigenvalue weighted by Crippen LogP contribution is 2.56. The minimum absolute atomic E-state index is 0.0142. The van der Waals surface area contributed by atoms with Gasteiger partial charge in [-0.2, -0.15) is 0 Å². The summed E-state index contributed by atoms with van der Waals surface area (Å²) in [5, 5.41) is 5.80. The Morgan fingerprint density at radius 3 is 1.26 bits per heavy atom. The zero-order valence-corrected chi connectivity index (χ0v) is 58.3. The van der Waals surface area contributed by atoms with Crippen LogP contribution in [0.3, 0.4) is 0 Å². The van der Waals surface area contributed by atoms with Crippen molar-refractivity contribution in [2.45, 2.75) is 0 Å². The van der Waals surface area contributed by atoms with Gasteiger partial charge in [-0.05, 0) is 157 Å². The van der Waals surface area contributed by atoms with Crippen molar-refractivity contribution in [3.63, 3.8) is 0 Å². The van der Waals surface area contributed by atoms with E-state index in [0.717, 1.165) is 189 Å². The molecule has 0 N–H and O–H groups in total. The first-order chi connectivity index (χ1) is 57.4. The molecule has 0 unspecified atom stereocenters. The molecule has 0 aliphatic carbocycles. The summed E-state index contributed by atoms with van der Waals surface area (Å²) in [7, 11) is 0. The van der Waals surface area contributed by atoms with E-state index in [0.29, 0.717) is 11.4 Å². The quantitative estimate of drug-likeness (QED) is 0.128. The van der Waals surface area contributed by atoms with Gasteiger partial charge in [0.25, 0.3) is 6.71 Å². The van der Waals surface area contributed by atoms with E-state index < -0.39 is 55.1 Å². The normalized spacial score (nSPS) is 13.6. The minimum atomic E-state index is -0.580. The predicted molar refractivity (Wildman–Crippen MR) is 455 cm³/mol. The van der Waals surface area contributed by atoms with Gasteiger partial charge in [0.2, 0.25) is 0 Å². The lowest BCUT2D eigenvalue weighted by Gasteiger charge is -2.46. The van der Waals surface area contributed by atoms with E-state index in [4.69, 9.17) is 16.0 Å². The van der Waals surface area contributed by atoms with Crippen LogP contribution in [0.2, 0.25) is 0 Å². The summed E-state index contributed by atoms with van der Waals surface area (Å²) in [6.45, 7) is -0.580. The number of nitrogens with zero attached hydrogens (tertiary/aromatic N) is 3. The molecule has 0 saturated carbocycles. The molecule has 17 aromatic carbocycles. The molecule has 0 saturated heterocycles. The Bertz CT molecular complexity index is 7640. The van der Waals surface area contributed by atoms with Gasteiger partial charge in [0.15, 0.2) is 0 Å². The van der Waals surface area contributed by atoms with E-state index in [-0.39, 0.29) is 21.8 Å². The first-order valence-electron chi connectivity index (χ1n) is 40.7. The maximum Gasteiger partial charge on any atom is 0.252 e. The van der Waals surface area contributed by atoms with Crippen LogP contribution in [0.1, 0.15) is 11.0 Å². The summed E-state index contributed by atoms with van der Waals surface area (Å²) in [4.78, 5) is 4.95. The van der Waals surface area contributed by atoms with Crippen LogP contribution < -0.4 is 26.2 Å². The van der Waals surface area contributed by atoms with E-state index in [2.05, 4.69) is 271 Å². The van der Waals surface area contributed by atoms with Crippen LogP contribution in [0.15, 0.2) is 389 Å². The van der Waals surface area contributed by atoms with Gasteiger partial charge in [0.1, 0.15) is 33.5 Å². The highest BCUT2D eigenvalue weighted by Gasteiger charge is 2.46. The molecule has 6 heterocycles. The Kier molecular flexibility index (Phi) is 11.8. The van der Waals surface area contributed by atoms with Crippen molar-refractivity contribution in [2.75, 3.05) is 9.80 Å². The number of hydrogen-bond acceptors (Lipinski definition) is 5. The van der Waals surface area contributed by atoms with Crippen LogP contribution in [-0.4, -0.2) is 11.3 Å². The Morgan fingerprint density at radius 2 is 0.670 bits per heavy atom. The Hall–Kier alpha value is -14.4. The summed E-state index contributed by atoms with van der Waals surface area (Å²) in [6, 6.07) is 111. The number of furan rings is 3. The van der Waals surface area contributed by atoms with Crippen LogP contribution in [0.5, 0.6) is 0 Å². The Balaban J connectivity index is 0.915. The SMILES string of the molecule is [2H]c1c([2H])c([2H])c2c(c1[2H])c1c([2H])c([2H])c([2H])c([2H])c1n2-c1ccc2c(c1)N(c1c(-c3ccccc3)cccc1-c1ccccc1)c1cc(-c3cc(-c4ccc5oc6ccccc6c5c4)c4oc5ccccc5c4c3)cc3c1B2c1ccc(-c2cccc4oc5ccccc5c24)cc1N3c1c(-c2ccccc2)cccc1-c1ccccc1. The molecule has 0 amide bonds. The van der Waals surface area contributed by atoms with Gasteiger partial charge in [-0.15, -0.1) is 0 Å². The van der Waals surface area contributed by atoms with Crippen LogP contribution in [0, 0.1) is 0 Å². The summed E-state index contributed by atoms with van der Waals surface area (Å²) in [6.07, 6.45) is 0. The second kappa shape index (κ2) is 24.1. The van der Waals surface area contributed by atoms with Crippen molar-refractivity contribution in [2.24, 2.45) is 0 Å². The number of aromatic nitrogens is 1. The van der Waals surface area contributed by atoms with Gasteiger partial charge in [-0.1, -0.05) is 285 Å². The van der Waals surface area contributed by atoms with Crippen LogP contribution in [0.25, 0.3) is 171 Å². The molecule has 0 atom stereocenters. The van der Waals surface area contributed by atoms with Crippen molar-refractivity contribution in [3.8, 4) is 83.6 Å². The molecule has 23 rings (SSSR count). The molecule has 7 heteroatoms. The standard InChI is InChI=1S/C102H62BN3O3/c1-5-26-63(27-6-1)73-40-23-41-74(64-28-7-2-8-29-64)100(73)105-89-59-68(72-39-25-49-97-98(72)81-38-17-22-48-95(81)108-97)50-53-85(89)103-86-54-52-71(104-87-44-18-13-34-77(87)78-35-14-19-45-88(78)104)62-90(86)106(101-75(65-30-9-3-10-31-65)42-24-43-76(101)66-32-11-4-12-33-66)92-61-70(60-91(105)99(92)103)69-57-82(102-84(58-69)80-37-16-21-47-94(80)109-102)67-51-55-96-83(56-67)79-36-15-20-46-93(79)107-96/h1-62H/i13D,14D,18D,19D,34D,35D,44D,45D. The van der Waals surface area contributed by atoms with Gasteiger partial charge < -0.3 is 27.6 Å². The topological polar surface area (TPSA) is 50.8 Å². The van der Waals surface area contributed by atoms with E-state index >= 15 is 0 Å². The fraction of sp³-hybridized carbons (Fsp3) is 0. The molecule has 21 aromatic rings. The first kappa shape index (κ1) is 53.4. The minimum Gasteiger partial charge on any atom is -0.456 e. The smallest absolute Gasteiger partial charge is 0.252 e. The van der Waals surface area contributed by atoms with E-state index in [9.17, 15) is 8.22 Å². The number of anilines is 6. The Labute approximate surface area is 639 Å². The summed E-state index contributed by atoms with van der Waals surface area (Å²) in [5.74, 6) is 0. The molecular weight excluding hydrogens is 1330 g/mol. The fourth-order valence-electron chi connectivity index (χ4n) is 17.7. The molecule has 2 aliphatic rings. The third-order valence-electron chi connectivity index (χ3n) is 22.4. The summed E-state index contributed by atoms with van der Waals surface area (Å²) >= 11 is 0. The number of benzene rings is 17. The van der Waals surface area contributed by atoms with Crippen molar-refractivity contribution >= 4 is 145 Å². The first-order valence-corrected chi connectivity index (χ1v) is 36.7. The molecular formula is C102H62BN3O3. The molecule has 0 radical (unpaired) electrons. The number of para-hydroxylation sites is 7. The van der Waals surface area contributed by atoms with E-state index in [1.807, 2.05) is 66.7 Å². The second-order valence-electron chi connectivity index (χ2n) is 28.3. The lowest BCUT2D eigenvalue weighted by molar-refractivity contribution is 0.668. The van der Waals surface area contributed by atoms with Gasteiger partial charge >= 0.3 is 0 Å². The molecule has 109 heavy (non-hydrogen) atoms. The van der Waals surface area contributed by atoms with Crippen LogP contribution in [-0.2, 0) is 0 Å². The fourth-order valence-corrected chi connectivity index (χ4v) is 17.7. The van der Waals surface area contributed by atoms with Crippen LogP contribution >= 0.6 is 0 Å². The molecule has 0 spiro atoms. The Morgan fingerprint density at radius 1 is 0.257 bits per heavy atom. The second-order valence-corrected chi connectivity index (χ2v) is 28.3. The van der Waals surface area contributed by atoms with Gasteiger partial charge in [-0.3, -0.25) is 0 Å². The van der Waals surface area contributed by atoms with Crippen molar-refractivity contribution in [1.82, 2.24) is 4.57 Å². The largest absolute Gasteiger partial charge is 0.456 e. The lowest BCUT2D eigenvalue weighted by atomic mass is 9.33. The highest BCUT2D eigenvalue weighted by atomic mass is 16.3. The summed E-state index contributed by atoms with van der Waals surface area (Å²) < 4.78 is 98.1. The maximum absolute atomic E-state index is 9.92. The lowest BCUT2D eigenvalue weighted by Crippen LogP contribution is -2.61. The summed E-state index contributed by atoms with van der Waals surface area (Å²) in [5.41, 5.74) is 26.2. The van der Waals surface area contributed by atoms with E-state index in [1.54, 1.807) is 4.57 Å². The maximum atomic E-state index is 9.92. The van der Waals surface area contributed by atoms with Gasteiger partial charge in [-0.25, -0.2) is 0 Å². The third-order valence-corrected chi connectivity index (χ3v) is 22.4. The third kappa shape index (κ3) is 9.37. The average molecular weight is 1400 g/mol. The molecule has 0 fully saturated rings. The zero-order chi connectivity index (χ0) is 78.3. The number of rotatable bonds is 10. The molecule has 4 aromatic heterocycles. The monoisotopic (exact) mass is 1400 g/mol. The molecule has 6 nitrogen and oxygen atoms in total. The number of hydrogen-bond donors (Lipinski definition) is 0. The van der Waals surface area contributed by atoms with Gasteiger partial charge in [0.05, 0.1) is 33.4 Å². The number of fused-ring (bicyclic) bond motifs is 16. The molecule has 0 bridgehead atoms. The van der Waals surface area contributed by atoms with Crippen LogP contribution in [0.4, 0.5) is 34.1 Å². The van der Waals surface area contributed by atoms with Crippen molar-refractivity contribution < 1.29 is 24.2 Å². The average Bonchev–Trinajstić information content (AvgIpc) is 1.37. The predicted octanol–water partition coefficient (Wildman–Crippen LogP) is 26.2. The molecule has 506 valence electrons.